The van der Waals surface area contributed by atoms with E-state index >= 15 is 0 Å². The SMILES string of the molecule is CCOC(=O)C1=C2Sc3ccccc3N2C(=O)C[C@@H]1c1ccccc1. The Morgan fingerprint density at radius 1 is 1.16 bits per heavy atom. The maximum atomic E-state index is 12.9. The lowest BCUT2D eigenvalue weighted by Crippen LogP contribution is -2.36. The average molecular weight is 351 g/mol. The zero-order valence-corrected chi connectivity index (χ0v) is 14.6. The van der Waals surface area contributed by atoms with Gasteiger partial charge in [-0.2, -0.15) is 0 Å². The van der Waals surface area contributed by atoms with Crippen LogP contribution in [-0.4, -0.2) is 18.5 Å². The van der Waals surface area contributed by atoms with E-state index in [2.05, 4.69) is 0 Å². The second kappa shape index (κ2) is 6.41. The van der Waals surface area contributed by atoms with Gasteiger partial charge in [-0.15, -0.1) is 0 Å². The molecule has 25 heavy (non-hydrogen) atoms. The maximum Gasteiger partial charge on any atom is 0.337 e. The molecular formula is C20H17NO3S. The molecule has 2 aliphatic heterocycles. The van der Waals surface area contributed by atoms with E-state index in [0.717, 1.165) is 16.1 Å². The fraction of sp³-hybridized carbons (Fsp3) is 0.200. The number of thioether (sulfide) groups is 1. The predicted octanol–water partition coefficient (Wildman–Crippen LogP) is 4.09. The van der Waals surface area contributed by atoms with Crippen molar-refractivity contribution < 1.29 is 14.3 Å². The summed E-state index contributed by atoms with van der Waals surface area (Å²) in [4.78, 5) is 28.3. The topological polar surface area (TPSA) is 46.6 Å². The Bertz CT molecular complexity index is 876. The zero-order chi connectivity index (χ0) is 17.4. The highest BCUT2D eigenvalue weighted by molar-refractivity contribution is 8.03. The molecule has 126 valence electrons. The summed E-state index contributed by atoms with van der Waals surface area (Å²) >= 11 is 1.47. The normalized spacial score (nSPS) is 18.8. The Morgan fingerprint density at radius 3 is 2.64 bits per heavy atom. The van der Waals surface area contributed by atoms with E-state index in [1.807, 2.05) is 54.6 Å². The summed E-state index contributed by atoms with van der Waals surface area (Å²) in [5.74, 6) is -0.612. The van der Waals surface area contributed by atoms with Gasteiger partial charge < -0.3 is 4.74 Å². The quantitative estimate of drug-likeness (QED) is 0.782. The number of anilines is 1. The number of ether oxygens (including phenoxy) is 1. The van der Waals surface area contributed by atoms with E-state index < -0.39 is 0 Å². The van der Waals surface area contributed by atoms with Crippen molar-refractivity contribution in [2.75, 3.05) is 11.5 Å². The van der Waals surface area contributed by atoms with E-state index in [-0.39, 0.29) is 24.2 Å². The van der Waals surface area contributed by atoms with Crippen LogP contribution in [0.15, 0.2) is 70.1 Å². The Hall–Kier alpha value is -2.53. The third-order valence-electron chi connectivity index (χ3n) is 4.42. The van der Waals surface area contributed by atoms with Crippen LogP contribution in [-0.2, 0) is 14.3 Å². The van der Waals surface area contributed by atoms with E-state index in [1.54, 1.807) is 11.8 Å². The first-order valence-electron chi connectivity index (χ1n) is 8.26. The molecule has 2 heterocycles. The largest absolute Gasteiger partial charge is 0.463 e. The summed E-state index contributed by atoms with van der Waals surface area (Å²) in [6.07, 6.45) is 0.260. The summed E-state index contributed by atoms with van der Waals surface area (Å²) in [6, 6.07) is 17.4. The van der Waals surface area contributed by atoms with Crippen LogP contribution in [0.5, 0.6) is 0 Å². The number of carbonyl (C=O) groups excluding carboxylic acids is 2. The smallest absolute Gasteiger partial charge is 0.337 e. The Labute approximate surface area is 150 Å². The Morgan fingerprint density at radius 2 is 1.88 bits per heavy atom. The van der Waals surface area contributed by atoms with Gasteiger partial charge in [-0.3, -0.25) is 9.69 Å². The number of amides is 1. The van der Waals surface area contributed by atoms with Gasteiger partial charge in [0.25, 0.3) is 0 Å². The molecule has 0 bridgehead atoms. The first kappa shape index (κ1) is 16.0. The number of nitrogens with zero attached hydrogens (tertiary/aromatic N) is 1. The van der Waals surface area contributed by atoms with Crippen molar-refractivity contribution in [3.05, 3.63) is 70.8 Å². The monoisotopic (exact) mass is 351 g/mol. The van der Waals surface area contributed by atoms with Crippen molar-refractivity contribution in [1.29, 1.82) is 0 Å². The molecule has 2 aliphatic rings. The van der Waals surface area contributed by atoms with Crippen LogP contribution in [0.25, 0.3) is 0 Å². The lowest BCUT2D eigenvalue weighted by Gasteiger charge is -2.31. The molecule has 1 amide bonds. The number of esters is 1. The predicted molar refractivity (Wildman–Crippen MR) is 97.2 cm³/mol. The van der Waals surface area contributed by atoms with E-state index in [0.29, 0.717) is 17.2 Å². The molecule has 0 saturated carbocycles. The van der Waals surface area contributed by atoms with Crippen molar-refractivity contribution >= 4 is 29.3 Å². The fourth-order valence-corrected chi connectivity index (χ4v) is 4.58. The maximum absolute atomic E-state index is 12.9. The first-order chi connectivity index (χ1) is 12.2. The van der Waals surface area contributed by atoms with Gasteiger partial charge >= 0.3 is 5.97 Å². The molecule has 0 aromatic heterocycles. The molecule has 2 aromatic carbocycles. The van der Waals surface area contributed by atoms with Crippen molar-refractivity contribution in [1.82, 2.24) is 0 Å². The summed E-state index contributed by atoms with van der Waals surface area (Å²) in [5.41, 5.74) is 2.39. The standard InChI is InChI=1S/C20H17NO3S/c1-2-24-20(23)18-14(13-8-4-3-5-9-13)12-17(22)21-15-10-6-7-11-16(15)25-19(18)21/h3-11,14H,2,12H2,1H3/t14-/m1/s1. The fourth-order valence-electron chi connectivity index (χ4n) is 3.34. The van der Waals surface area contributed by atoms with Crippen molar-refractivity contribution in [2.24, 2.45) is 0 Å². The lowest BCUT2D eigenvalue weighted by molar-refractivity contribution is -0.139. The van der Waals surface area contributed by atoms with E-state index in [1.165, 1.54) is 11.8 Å². The summed E-state index contributed by atoms with van der Waals surface area (Å²) in [7, 11) is 0. The summed E-state index contributed by atoms with van der Waals surface area (Å²) in [5, 5.41) is 0.685. The molecule has 0 N–H and O–H groups in total. The number of fused-ring (bicyclic) bond motifs is 3. The van der Waals surface area contributed by atoms with Gasteiger partial charge in [-0.1, -0.05) is 54.2 Å². The van der Waals surface area contributed by atoms with Gasteiger partial charge in [0.05, 0.1) is 22.9 Å². The molecule has 0 aliphatic carbocycles. The third kappa shape index (κ3) is 2.65. The van der Waals surface area contributed by atoms with Crippen molar-refractivity contribution in [3.8, 4) is 0 Å². The molecule has 0 spiro atoms. The lowest BCUT2D eigenvalue weighted by atomic mass is 9.85. The molecule has 0 unspecified atom stereocenters. The summed E-state index contributed by atoms with van der Waals surface area (Å²) < 4.78 is 5.33. The molecular weight excluding hydrogens is 334 g/mol. The van der Waals surface area contributed by atoms with Gasteiger partial charge in [-0.25, -0.2) is 4.79 Å². The molecule has 5 heteroatoms. The third-order valence-corrected chi connectivity index (χ3v) is 5.58. The number of hydrogen-bond donors (Lipinski definition) is 0. The summed E-state index contributed by atoms with van der Waals surface area (Å²) in [6.45, 7) is 2.10. The average Bonchev–Trinajstić information content (AvgIpc) is 3.02. The van der Waals surface area contributed by atoms with Crippen molar-refractivity contribution in [2.45, 2.75) is 24.2 Å². The highest BCUT2D eigenvalue weighted by Gasteiger charge is 2.43. The van der Waals surface area contributed by atoms with Gasteiger partial charge in [0.15, 0.2) is 0 Å². The number of benzene rings is 2. The Kier molecular flexibility index (Phi) is 4.09. The second-order valence-electron chi connectivity index (χ2n) is 5.91. The molecule has 2 aromatic rings. The Balaban J connectivity index is 1.88. The van der Waals surface area contributed by atoms with Crippen LogP contribution in [0, 0.1) is 0 Å². The number of carbonyl (C=O) groups is 2. The molecule has 0 radical (unpaired) electrons. The number of para-hydroxylation sites is 1. The van der Waals surface area contributed by atoms with Crippen LogP contribution in [0.1, 0.15) is 24.8 Å². The second-order valence-corrected chi connectivity index (χ2v) is 6.94. The van der Waals surface area contributed by atoms with Crippen LogP contribution in [0.4, 0.5) is 5.69 Å². The highest BCUT2D eigenvalue weighted by Crippen LogP contribution is 2.52. The van der Waals surface area contributed by atoms with Crippen LogP contribution >= 0.6 is 11.8 Å². The minimum Gasteiger partial charge on any atom is -0.463 e. The van der Waals surface area contributed by atoms with Crippen molar-refractivity contribution in [3.63, 3.8) is 0 Å². The number of rotatable bonds is 3. The molecule has 0 fully saturated rings. The van der Waals surface area contributed by atoms with Gasteiger partial charge in [0.2, 0.25) is 5.91 Å². The van der Waals surface area contributed by atoms with Gasteiger partial charge in [-0.05, 0) is 24.6 Å². The minimum absolute atomic E-state index is 0.00866. The van der Waals surface area contributed by atoms with Crippen LogP contribution < -0.4 is 4.90 Å². The van der Waals surface area contributed by atoms with Crippen LogP contribution in [0.3, 0.4) is 0 Å². The van der Waals surface area contributed by atoms with Crippen LogP contribution in [0.2, 0.25) is 0 Å². The first-order valence-corrected chi connectivity index (χ1v) is 9.08. The molecule has 4 nitrogen and oxygen atoms in total. The molecule has 4 rings (SSSR count). The number of hydrogen-bond acceptors (Lipinski definition) is 4. The van der Waals surface area contributed by atoms with Gasteiger partial charge in [0.1, 0.15) is 0 Å². The minimum atomic E-state index is -0.343. The molecule has 0 saturated heterocycles. The van der Waals surface area contributed by atoms with E-state index in [4.69, 9.17) is 4.74 Å². The zero-order valence-electron chi connectivity index (χ0n) is 13.8. The van der Waals surface area contributed by atoms with E-state index in [9.17, 15) is 9.59 Å². The molecule has 1 atom stereocenters. The van der Waals surface area contributed by atoms with Gasteiger partial charge in [0, 0.05) is 17.2 Å². The highest BCUT2D eigenvalue weighted by atomic mass is 32.2.